The van der Waals surface area contributed by atoms with Crippen LogP contribution in [-0.2, 0) is 9.59 Å². The van der Waals surface area contributed by atoms with E-state index in [1.54, 1.807) is 31.4 Å². The lowest BCUT2D eigenvalue weighted by atomic mass is 10.2. The molecule has 0 unspecified atom stereocenters. The third kappa shape index (κ3) is 6.10. The fourth-order valence-electron chi connectivity index (χ4n) is 1.98. The molecular formula is C18H18ClN3O4. The second kappa shape index (κ2) is 9.43. The summed E-state index contributed by atoms with van der Waals surface area (Å²) in [6.07, 6.45) is 1.26. The molecule has 0 aliphatic rings. The van der Waals surface area contributed by atoms with E-state index >= 15 is 0 Å². The lowest BCUT2D eigenvalue weighted by Crippen LogP contribution is -2.20. The first kappa shape index (κ1) is 19.3. The second-order valence-electron chi connectivity index (χ2n) is 5.27. The van der Waals surface area contributed by atoms with E-state index in [4.69, 9.17) is 16.3 Å². The average molecular weight is 376 g/mol. The Balaban J connectivity index is 1.76. The van der Waals surface area contributed by atoms with Crippen LogP contribution in [0, 0.1) is 0 Å². The molecule has 2 aromatic rings. The summed E-state index contributed by atoms with van der Waals surface area (Å²) >= 11 is 5.81. The average Bonchev–Trinajstić information content (AvgIpc) is 2.63. The van der Waals surface area contributed by atoms with Gasteiger partial charge in [-0.2, -0.15) is 5.10 Å². The fraction of sp³-hybridized carbons (Fsp3) is 0.167. The number of methoxy groups -OCH3 is 1. The number of nitrogens with one attached hydrogen (secondary N) is 2. The van der Waals surface area contributed by atoms with Crippen LogP contribution in [-0.4, -0.2) is 30.2 Å². The molecule has 0 bridgehead atoms. The van der Waals surface area contributed by atoms with Crippen LogP contribution >= 0.6 is 11.6 Å². The van der Waals surface area contributed by atoms with E-state index in [0.717, 1.165) is 0 Å². The fourth-order valence-corrected chi connectivity index (χ4v) is 2.16. The first-order valence-corrected chi connectivity index (χ1v) is 8.10. The van der Waals surface area contributed by atoms with E-state index in [1.165, 1.54) is 24.4 Å². The maximum atomic E-state index is 11.8. The van der Waals surface area contributed by atoms with E-state index in [9.17, 15) is 14.7 Å². The number of rotatable bonds is 7. The van der Waals surface area contributed by atoms with Crippen LogP contribution in [0.15, 0.2) is 47.6 Å². The molecule has 0 radical (unpaired) electrons. The number of carbonyl (C=O) groups is 2. The second-order valence-corrected chi connectivity index (χ2v) is 5.71. The summed E-state index contributed by atoms with van der Waals surface area (Å²) in [6, 6.07) is 11.3. The summed E-state index contributed by atoms with van der Waals surface area (Å²) in [5.74, 6) is -0.0355. The van der Waals surface area contributed by atoms with Crippen LogP contribution < -0.4 is 15.5 Å². The highest BCUT2D eigenvalue weighted by Gasteiger charge is 2.07. The van der Waals surface area contributed by atoms with Crippen molar-refractivity contribution in [2.24, 2.45) is 5.10 Å². The first-order valence-electron chi connectivity index (χ1n) is 7.72. The molecule has 0 aliphatic heterocycles. The molecular weight excluding hydrogens is 358 g/mol. The summed E-state index contributed by atoms with van der Waals surface area (Å²) in [5, 5.41) is 16.5. The van der Waals surface area contributed by atoms with Crippen molar-refractivity contribution in [2.75, 3.05) is 12.4 Å². The van der Waals surface area contributed by atoms with Crippen molar-refractivity contribution in [3.8, 4) is 11.5 Å². The Labute approximate surface area is 155 Å². The van der Waals surface area contributed by atoms with Gasteiger partial charge in [-0.25, -0.2) is 5.43 Å². The van der Waals surface area contributed by atoms with Crippen molar-refractivity contribution in [3.63, 3.8) is 0 Å². The van der Waals surface area contributed by atoms with Crippen molar-refractivity contribution in [2.45, 2.75) is 12.8 Å². The highest BCUT2D eigenvalue weighted by molar-refractivity contribution is 6.30. The van der Waals surface area contributed by atoms with Gasteiger partial charge in [0.15, 0.2) is 0 Å². The molecule has 0 saturated carbocycles. The van der Waals surface area contributed by atoms with Gasteiger partial charge in [-0.3, -0.25) is 9.59 Å². The SMILES string of the molecule is COc1ccc(NC(=O)CCC(=O)N/N=C\c2cc(Cl)ccc2O)cc1. The van der Waals surface area contributed by atoms with Gasteiger partial charge < -0.3 is 15.2 Å². The molecule has 26 heavy (non-hydrogen) atoms. The molecule has 2 aromatic carbocycles. The van der Waals surface area contributed by atoms with Crippen LogP contribution in [0.5, 0.6) is 11.5 Å². The van der Waals surface area contributed by atoms with Gasteiger partial charge in [-0.1, -0.05) is 11.6 Å². The zero-order valence-corrected chi connectivity index (χ0v) is 14.8. The minimum atomic E-state index is -0.423. The molecule has 0 aromatic heterocycles. The summed E-state index contributed by atoms with van der Waals surface area (Å²) in [4.78, 5) is 23.6. The molecule has 2 rings (SSSR count). The Kier molecular flexibility index (Phi) is 6.99. The van der Waals surface area contributed by atoms with Crippen LogP contribution in [0.3, 0.4) is 0 Å². The molecule has 0 atom stereocenters. The maximum absolute atomic E-state index is 11.8. The molecule has 136 valence electrons. The van der Waals surface area contributed by atoms with E-state index < -0.39 is 5.91 Å². The molecule has 2 amide bonds. The lowest BCUT2D eigenvalue weighted by Gasteiger charge is -2.06. The van der Waals surface area contributed by atoms with Crippen LogP contribution in [0.4, 0.5) is 5.69 Å². The molecule has 0 fully saturated rings. The number of aromatic hydroxyl groups is 1. The van der Waals surface area contributed by atoms with Gasteiger partial charge in [0, 0.05) is 29.1 Å². The zero-order chi connectivity index (χ0) is 18.9. The number of ether oxygens (including phenoxy) is 1. The smallest absolute Gasteiger partial charge is 0.240 e. The molecule has 0 heterocycles. The van der Waals surface area contributed by atoms with Crippen LogP contribution in [0.2, 0.25) is 5.02 Å². The quantitative estimate of drug-likeness (QED) is 0.511. The molecule has 3 N–H and O–H groups in total. The van der Waals surface area contributed by atoms with E-state index in [-0.39, 0.29) is 24.5 Å². The molecule has 7 nitrogen and oxygen atoms in total. The summed E-state index contributed by atoms with van der Waals surface area (Å²) in [5.41, 5.74) is 3.28. The van der Waals surface area contributed by atoms with Gasteiger partial charge in [0.1, 0.15) is 11.5 Å². The van der Waals surface area contributed by atoms with Gasteiger partial charge >= 0.3 is 0 Å². The van der Waals surface area contributed by atoms with Gasteiger partial charge in [0.05, 0.1) is 13.3 Å². The van der Waals surface area contributed by atoms with Crippen LogP contribution in [0.25, 0.3) is 0 Å². The van der Waals surface area contributed by atoms with Crippen molar-refractivity contribution in [1.29, 1.82) is 0 Å². The lowest BCUT2D eigenvalue weighted by molar-refractivity contribution is -0.124. The van der Waals surface area contributed by atoms with Crippen molar-refractivity contribution < 1.29 is 19.4 Å². The van der Waals surface area contributed by atoms with Gasteiger partial charge in [0.25, 0.3) is 0 Å². The number of carbonyl (C=O) groups excluding carboxylic acids is 2. The number of hydrogen-bond acceptors (Lipinski definition) is 5. The standard InChI is InChI=1S/C18H18ClN3O4/c1-26-15-5-3-14(4-6-15)21-17(24)8-9-18(25)22-20-11-12-10-13(19)2-7-16(12)23/h2-7,10-11,23H,8-9H2,1H3,(H,21,24)(H,22,25)/b20-11-. The van der Waals surface area contributed by atoms with Gasteiger partial charge in [-0.15, -0.1) is 0 Å². The predicted molar refractivity (Wildman–Crippen MR) is 99.7 cm³/mol. The van der Waals surface area contributed by atoms with Crippen LogP contribution in [0.1, 0.15) is 18.4 Å². The number of phenols is 1. The van der Waals surface area contributed by atoms with E-state index in [2.05, 4.69) is 15.8 Å². The molecule has 0 saturated heterocycles. The predicted octanol–water partition coefficient (Wildman–Crippen LogP) is 2.92. The number of amides is 2. The number of hydrazone groups is 1. The zero-order valence-electron chi connectivity index (χ0n) is 14.0. The van der Waals surface area contributed by atoms with E-state index in [0.29, 0.717) is 22.0 Å². The van der Waals surface area contributed by atoms with Crippen molar-refractivity contribution in [1.82, 2.24) is 5.43 Å². The Morgan fingerprint density at radius 1 is 1.15 bits per heavy atom. The summed E-state index contributed by atoms with van der Waals surface area (Å²) in [7, 11) is 1.56. The number of nitrogens with zero attached hydrogens (tertiary/aromatic N) is 1. The number of hydrogen-bond donors (Lipinski definition) is 3. The topological polar surface area (TPSA) is 100 Å². The largest absolute Gasteiger partial charge is 0.507 e. The monoisotopic (exact) mass is 375 g/mol. The molecule has 8 heteroatoms. The molecule has 0 aliphatic carbocycles. The van der Waals surface area contributed by atoms with Gasteiger partial charge in [-0.05, 0) is 42.5 Å². The Hall–Kier alpha value is -3.06. The highest BCUT2D eigenvalue weighted by atomic mass is 35.5. The summed E-state index contributed by atoms with van der Waals surface area (Å²) in [6.45, 7) is 0. The number of halogens is 1. The Morgan fingerprint density at radius 2 is 1.85 bits per heavy atom. The minimum Gasteiger partial charge on any atom is -0.507 e. The maximum Gasteiger partial charge on any atom is 0.240 e. The highest BCUT2D eigenvalue weighted by Crippen LogP contribution is 2.19. The normalized spacial score (nSPS) is 10.5. The third-order valence-electron chi connectivity index (χ3n) is 3.34. The Bertz CT molecular complexity index is 807. The van der Waals surface area contributed by atoms with Crippen molar-refractivity contribution in [3.05, 3.63) is 53.1 Å². The third-order valence-corrected chi connectivity index (χ3v) is 3.57. The van der Waals surface area contributed by atoms with Gasteiger partial charge in [0.2, 0.25) is 11.8 Å². The number of benzene rings is 2. The molecule has 0 spiro atoms. The Morgan fingerprint density at radius 3 is 2.54 bits per heavy atom. The summed E-state index contributed by atoms with van der Waals surface area (Å²) < 4.78 is 5.03. The van der Waals surface area contributed by atoms with E-state index in [1.807, 2.05) is 0 Å². The van der Waals surface area contributed by atoms with Crippen molar-refractivity contribution >= 4 is 35.3 Å². The minimum absolute atomic E-state index is 0.00808. The number of phenolic OH excluding ortho intramolecular Hbond substituents is 1. The number of anilines is 1. The first-order chi connectivity index (χ1) is 12.5.